The highest BCUT2D eigenvalue weighted by atomic mass is 32.1. The number of carboxylic acid groups (broad SMARTS) is 1. The quantitative estimate of drug-likeness (QED) is 0.507. The van der Waals surface area contributed by atoms with E-state index in [-0.39, 0.29) is 10.7 Å². The Morgan fingerprint density at radius 1 is 1.19 bits per heavy atom. The van der Waals surface area contributed by atoms with E-state index in [1.807, 2.05) is 42.5 Å². The van der Waals surface area contributed by atoms with Crippen molar-refractivity contribution in [3.05, 3.63) is 69.3 Å². The average Bonchev–Trinajstić information content (AvgIpc) is 3.10. The summed E-state index contributed by atoms with van der Waals surface area (Å²) in [5, 5.41) is 9.53. The molecule has 0 spiro atoms. The van der Waals surface area contributed by atoms with Gasteiger partial charge in [0.1, 0.15) is 22.1 Å². The average molecular weight is 434 g/mol. The van der Waals surface area contributed by atoms with Crippen LogP contribution in [0.4, 0.5) is 17.2 Å². The Morgan fingerprint density at radius 2 is 1.97 bits per heavy atom. The molecule has 3 N–H and O–H groups in total. The number of aromatic nitrogens is 2. The van der Waals surface area contributed by atoms with Gasteiger partial charge in [-0.05, 0) is 37.3 Å². The number of rotatable bonds is 3. The van der Waals surface area contributed by atoms with E-state index >= 15 is 0 Å². The normalized spacial score (nSPS) is 13.1. The molecular formula is C22H18N4O4S. The third kappa shape index (κ3) is 3.01. The molecule has 0 bridgehead atoms. The zero-order valence-electron chi connectivity index (χ0n) is 16.5. The fraction of sp³-hybridized carbons (Fsp3) is 0.136. The fourth-order valence-electron chi connectivity index (χ4n) is 3.87. The summed E-state index contributed by atoms with van der Waals surface area (Å²) in [6.45, 7) is 2.87. The number of benzene rings is 2. The Morgan fingerprint density at radius 3 is 2.71 bits per heavy atom. The number of hydrogen-bond donors (Lipinski definition) is 2. The minimum Gasteiger partial charge on any atom is -0.490 e. The highest BCUT2D eigenvalue weighted by Crippen LogP contribution is 2.39. The predicted molar refractivity (Wildman–Crippen MR) is 120 cm³/mol. The zero-order chi connectivity index (χ0) is 21.7. The van der Waals surface area contributed by atoms with Gasteiger partial charge in [0.2, 0.25) is 0 Å². The fourth-order valence-corrected chi connectivity index (χ4v) is 4.89. The van der Waals surface area contributed by atoms with E-state index in [0.717, 1.165) is 22.7 Å². The molecule has 9 heteroatoms. The summed E-state index contributed by atoms with van der Waals surface area (Å²) in [4.78, 5) is 31.5. The number of thiophene rings is 1. The Bertz CT molecular complexity index is 1390. The summed E-state index contributed by atoms with van der Waals surface area (Å²) in [7, 11) is 0. The van der Waals surface area contributed by atoms with Crippen molar-refractivity contribution < 1.29 is 14.6 Å². The van der Waals surface area contributed by atoms with E-state index in [0.29, 0.717) is 40.5 Å². The molecule has 0 amide bonds. The molecule has 0 fully saturated rings. The maximum Gasteiger partial charge on any atom is 0.346 e. The summed E-state index contributed by atoms with van der Waals surface area (Å²) in [6.07, 6.45) is 0. The molecule has 0 atom stereocenters. The molecule has 1 aliphatic rings. The number of nitrogens with zero attached hydrogens (tertiary/aromatic N) is 3. The molecule has 0 saturated heterocycles. The van der Waals surface area contributed by atoms with Crippen LogP contribution in [0.15, 0.2) is 53.3 Å². The molecule has 8 nitrogen and oxygen atoms in total. The van der Waals surface area contributed by atoms with Crippen molar-refractivity contribution in [3.63, 3.8) is 0 Å². The lowest BCUT2D eigenvalue weighted by Gasteiger charge is -2.31. The number of ether oxygens (including phenoxy) is 1. The monoisotopic (exact) mass is 434 g/mol. The SMILES string of the molecule is Cc1c(C(=O)O)sc2nc(N)c(=O)n(-c3ccc4c(c3)N(c3ccccc3)CCO4)c12. The van der Waals surface area contributed by atoms with Gasteiger partial charge in [0.15, 0.2) is 5.82 Å². The van der Waals surface area contributed by atoms with Gasteiger partial charge in [-0.1, -0.05) is 18.2 Å². The molecule has 0 saturated carbocycles. The lowest BCUT2D eigenvalue weighted by Crippen LogP contribution is -2.29. The standard InChI is InChI=1S/C22H18N4O4S/c1-12-17-20(31-18(12)22(28)29)24-19(23)21(27)26(17)14-7-8-16-15(11-14)25(9-10-30-16)13-5-3-2-4-6-13/h2-8,11H,9-10H2,1H3,(H2,23,24)(H,28,29). The Labute approximate surface area is 180 Å². The third-order valence-corrected chi connectivity index (χ3v) is 6.45. The number of anilines is 3. The van der Waals surface area contributed by atoms with Crippen LogP contribution in [0.25, 0.3) is 16.0 Å². The summed E-state index contributed by atoms with van der Waals surface area (Å²) in [6, 6.07) is 15.4. The first-order valence-electron chi connectivity index (χ1n) is 9.60. The summed E-state index contributed by atoms with van der Waals surface area (Å²) >= 11 is 1.00. The van der Waals surface area contributed by atoms with Gasteiger partial charge >= 0.3 is 5.97 Å². The number of carboxylic acids is 1. The smallest absolute Gasteiger partial charge is 0.346 e. The van der Waals surface area contributed by atoms with Crippen LogP contribution in [0.1, 0.15) is 15.2 Å². The second-order valence-corrected chi connectivity index (χ2v) is 8.14. The third-order valence-electron chi connectivity index (χ3n) is 5.29. The van der Waals surface area contributed by atoms with E-state index in [9.17, 15) is 14.7 Å². The summed E-state index contributed by atoms with van der Waals surface area (Å²) in [5.74, 6) is -0.537. The Balaban J connectivity index is 1.76. The van der Waals surface area contributed by atoms with Crippen molar-refractivity contribution in [3.8, 4) is 11.4 Å². The van der Waals surface area contributed by atoms with Crippen molar-refractivity contribution in [2.24, 2.45) is 0 Å². The van der Waals surface area contributed by atoms with Crippen molar-refractivity contribution in [1.29, 1.82) is 0 Å². The number of para-hydroxylation sites is 1. The van der Waals surface area contributed by atoms with Crippen molar-refractivity contribution in [1.82, 2.24) is 9.55 Å². The van der Waals surface area contributed by atoms with Gasteiger partial charge in [0.05, 0.1) is 23.4 Å². The summed E-state index contributed by atoms with van der Waals surface area (Å²) < 4.78 is 7.26. The van der Waals surface area contributed by atoms with Gasteiger partial charge in [-0.15, -0.1) is 11.3 Å². The van der Waals surface area contributed by atoms with E-state index < -0.39 is 11.5 Å². The molecule has 1 aliphatic heterocycles. The predicted octanol–water partition coefficient (Wildman–Crippen LogP) is 3.57. The molecule has 4 aromatic rings. The maximum atomic E-state index is 13.0. The van der Waals surface area contributed by atoms with Gasteiger partial charge < -0.3 is 20.5 Å². The molecule has 156 valence electrons. The Hall–Kier alpha value is -3.85. The van der Waals surface area contributed by atoms with Gasteiger partial charge in [-0.3, -0.25) is 9.36 Å². The highest BCUT2D eigenvalue weighted by molar-refractivity contribution is 7.20. The van der Waals surface area contributed by atoms with Crippen LogP contribution in [0.3, 0.4) is 0 Å². The second kappa shape index (κ2) is 7.13. The molecule has 0 unspecified atom stereocenters. The zero-order valence-corrected chi connectivity index (χ0v) is 17.3. The largest absolute Gasteiger partial charge is 0.490 e. The van der Waals surface area contributed by atoms with Gasteiger partial charge in [-0.2, -0.15) is 0 Å². The highest BCUT2D eigenvalue weighted by Gasteiger charge is 2.24. The number of aromatic carboxylic acids is 1. The van der Waals surface area contributed by atoms with Crippen LogP contribution in [-0.2, 0) is 0 Å². The van der Waals surface area contributed by atoms with Crippen molar-refractivity contribution in [2.45, 2.75) is 6.92 Å². The van der Waals surface area contributed by atoms with E-state index in [4.69, 9.17) is 10.5 Å². The minimum absolute atomic E-state index is 0.133. The first-order chi connectivity index (χ1) is 15.0. The molecule has 2 aromatic carbocycles. The molecule has 5 rings (SSSR count). The number of nitrogens with two attached hydrogens (primary N) is 1. The van der Waals surface area contributed by atoms with Crippen LogP contribution in [-0.4, -0.2) is 33.8 Å². The van der Waals surface area contributed by atoms with E-state index in [1.165, 1.54) is 4.57 Å². The minimum atomic E-state index is -1.06. The lowest BCUT2D eigenvalue weighted by atomic mass is 10.1. The van der Waals surface area contributed by atoms with E-state index in [2.05, 4.69) is 9.88 Å². The number of nitrogen functional groups attached to an aromatic ring is 1. The topological polar surface area (TPSA) is 111 Å². The first kappa shape index (κ1) is 19.1. The molecule has 0 radical (unpaired) electrons. The van der Waals surface area contributed by atoms with Crippen LogP contribution < -0.4 is 20.9 Å². The van der Waals surface area contributed by atoms with Gasteiger partial charge in [-0.25, -0.2) is 9.78 Å². The van der Waals surface area contributed by atoms with Gasteiger partial charge in [0.25, 0.3) is 5.56 Å². The van der Waals surface area contributed by atoms with Crippen molar-refractivity contribution in [2.75, 3.05) is 23.8 Å². The molecule has 31 heavy (non-hydrogen) atoms. The number of hydrogen-bond acceptors (Lipinski definition) is 7. The number of aryl methyl sites for hydroxylation is 1. The van der Waals surface area contributed by atoms with Crippen LogP contribution in [0, 0.1) is 6.92 Å². The first-order valence-corrected chi connectivity index (χ1v) is 10.4. The maximum absolute atomic E-state index is 13.0. The molecule has 0 aliphatic carbocycles. The summed E-state index contributed by atoms with van der Waals surface area (Å²) in [5.41, 5.74) is 8.72. The van der Waals surface area contributed by atoms with Crippen LogP contribution in [0.5, 0.6) is 5.75 Å². The van der Waals surface area contributed by atoms with E-state index in [1.54, 1.807) is 13.0 Å². The van der Waals surface area contributed by atoms with Crippen LogP contribution in [0.2, 0.25) is 0 Å². The second-order valence-electron chi connectivity index (χ2n) is 7.14. The number of carbonyl (C=O) groups is 1. The molecular weight excluding hydrogens is 416 g/mol. The van der Waals surface area contributed by atoms with Gasteiger partial charge in [0, 0.05) is 11.3 Å². The number of fused-ring (bicyclic) bond motifs is 2. The molecule has 2 aromatic heterocycles. The Kier molecular flexibility index (Phi) is 4.40. The molecule has 3 heterocycles. The van der Waals surface area contributed by atoms with Crippen molar-refractivity contribution >= 4 is 44.8 Å². The lowest BCUT2D eigenvalue weighted by molar-refractivity contribution is 0.0701. The van der Waals surface area contributed by atoms with Crippen LogP contribution >= 0.6 is 11.3 Å².